The molecule has 0 spiro atoms. The Morgan fingerprint density at radius 1 is 1.10 bits per heavy atom. The number of carbonyl (C=O) groups excluding carboxylic acids is 2. The molecule has 1 aliphatic rings. The number of hydrogen-bond acceptors (Lipinski definition) is 5. The van der Waals surface area contributed by atoms with Crippen molar-refractivity contribution in [3.63, 3.8) is 0 Å². The van der Waals surface area contributed by atoms with Gasteiger partial charge < -0.3 is 14.8 Å². The van der Waals surface area contributed by atoms with Crippen LogP contribution in [0.1, 0.15) is 28.4 Å². The van der Waals surface area contributed by atoms with Crippen molar-refractivity contribution in [1.82, 2.24) is 24.8 Å². The maximum Gasteiger partial charge on any atom is 0.255 e. The summed E-state index contributed by atoms with van der Waals surface area (Å²) in [5.74, 6) is 1.36. The maximum atomic E-state index is 12.6. The molecule has 2 amide bonds. The molecule has 3 aromatic rings. The number of carbonyl (C=O) groups is 2. The predicted octanol–water partition coefficient (Wildman–Crippen LogP) is 2.74. The van der Waals surface area contributed by atoms with Crippen molar-refractivity contribution in [3.05, 3.63) is 60.2 Å². The van der Waals surface area contributed by atoms with Gasteiger partial charge in [-0.2, -0.15) is 0 Å². The normalized spacial score (nSPS) is 15.5. The van der Waals surface area contributed by atoms with E-state index in [1.54, 1.807) is 41.2 Å². The Balaban J connectivity index is 1.27. The average Bonchev–Trinajstić information content (AvgIpc) is 3.22. The fourth-order valence-corrected chi connectivity index (χ4v) is 4.21. The van der Waals surface area contributed by atoms with Crippen molar-refractivity contribution in [1.29, 1.82) is 0 Å². The smallest absolute Gasteiger partial charge is 0.255 e. The first-order chi connectivity index (χ1) is 14.1. The highest BCUT2D eigenvalue weighted by Gasteiger charge is 2.25. The second kappa shape index (κ2) is 8.65. The molecule has 0 bridgehead atoms. The molecular weight excluding hydrogens is 386 g/mol. The van der Waals surface area contributed by atoms with Gasteiger partial charge >= 0.3 is 0 Å². The molecule has 4 rings (SSSR count). The van der Waals surface area contributed by atoms with Gasteiger partial charge in [0.1, 0.15) is 5.82 Å². The van der Waals surface area contributed by atoms with Crippen LogP contribution >= 0.6 is 11.8 Å². The van der Waals surface area contributed by atoms with Gasteiger partial charge in [0.15, 0.2) is 0 Å². The summed E-state index contributed by atoms with van der Waals surface area (Å²) in [5, 5.41) is 0.0970. The molecule has 1 N–H and O–H groups in total. The van der Waals surface area contributed by atoms with Crippen molar-refractivity contribution in [2.24, 2.45) is 0 Å². The van der Waals surface area contributed by atoms with Crippen LogP contribution in [-0.2, 0) is 4.79 Å². The highest BCUT2D eigenvalue weighted by atomic mass is 32.2. The quantitative estimate of drug-likeness (QED) is 0.701. The molecule has 150 valence electrons. The average molecular weight is 410 g/mol. The highest BCUT2D eigenvalue weighted by Crippen LogP contribution is 2.28. The first kappa shape index (κ1) is 19.4. The molecule has 3 heterocycles. The van der Waals surface area contributed by atoms with E-state index in [1.807, 2.05) is 29.2 Å². The summed E-state index contributed by atoms with van der Waals surface area (Å²) in [6.07, 6.45) is 3.23. The number of fused-ring (bicyclic) bond motifs is 1. The Labute approximate surface area is 173 Å². The molecule has 7 nitrogen and oxygen atoms in total. The summed E-state index contributed by atoms with van der Waals surface area (Å²) in [6, 6.07) is 11.4. The summed E-state index contributed by atoms with van der Waals surface area (Å²) in [7, 11) is 0. The molecule has 1 saturated heterocycles. The third kappa shape index (κ3) is 4.42. The fraction of sp³-hybridized carbons (Fsp3) is 0.333. The van der Waals surface area contributed by atoms with E-state index in [2.05, 4.69) is 21.9 Å². The van der Waals surface area contributed by atoms with Gasteiger partial charge in [0.05, 0.1) is 27.6 Å². The zero-order valence-corrected chi connectivity index (χ0v) is 17.1. The van der Waals surface area contributed by atoms with Crippen LogP contribution in [0.15, 0.2) is 48.8 Å². The molecule has 1 aliphatic heterocycles. The first-order valence-corrected chi connectivity index (χ1v) is 10.7. The number of thioether (sulfide) groups is 1. The molecule has 2 aromatic heterocycles. The molecule has 1 fully saturated rings. The van der Waals surface area contributed by atoms with Crippen molar-refractivity contribution in [2.75, 3.05) is 31.9 Å². The number of hydrogen-bond donors (Lipinski definition) is 1. The Morgan fingerprint density at radius 2 is 1.86 bits per heavy atom. The van der Waals surface area contributed by atoms with Crippen LogP contribution in [0.4, 0.5) is 0 Å². The van der Waals surface area contributed by atoms with Crippen LogP contribution in [0.5, 0.6) is 0 Å². The molecule has 29 heavy (non-hydrogen) atoms. The molecular formula is C21H23N5O2S. The standard InChI is InChI=1S/C21H23N5O2S/c1-15(20-23-17-6-2-3-7-18(17)24-20)29-14-19(27)25-9-11-26(12-10-25)21(28)16-5-4-8-22-13-16/h2-8,13,15H,9-12,14H2,1H3,(H,23,24). The first-order valence-electron chi connectivity index (χ1n) is 9.65. The van der Waals surface area contributed by atoms with Gasteiger partial charge in [0.25, 0.3) is 5.91 Å². The Kier molecular flexibility index (Phi) is 5.80. The number of rotatable bonds is 5. The Hall–Kier alpha value is -2.87. The zero-order valence-electron chi connectivity index (χ0n) is 16.2. The van der Waals surface area contributed by atoms with Crippen LogP contribution < -0.4 is 0 Å². The Morgan fingerprint density at radius 3 is 2.59 bits per heavy atom. The van der Waals surface area contributed by atoms with Crippen molar-refractivity contribution >= 4 is 34.6 Å². The summed E-state index contributed by atoms with van der Waals surface area (Å²) >= 11 is 1.58. The number of nitrogens with zero attached hydrogens (tertiary/aromatic N) is 4. The van der Waals surface area contributed by atoms with Crippen LogP contribution in [-0.4, -0.2) is 68.5 Å². The third-order valence-electron chi connectivity index (χ3n) is 5.08. The number of pyridine rings is 1. The lowest BCUT2D eigenvalue weighted by Crippen LogP contribution is -2.51. The zero-order chi connectivity index (χ0) is 20.2. The van der Waals surface area contributed by atoms with E-state index in [1.165, 1.54) is 0 Å². The molecule has 1 unspecified atom stereocenters. The second-order valence-electron chi connectivity index (χ2n) is 7.01. The number of aromatic amines is 1. The lowest BCUT2D eigenvalue weighted by molar-refractivity contribution is -0.129. The van der Waals surface area contributed by atoms with E-state index in [0.717, 1.165) is 16.9 Å². The van der Waals surface area contributed by atoms with Gasteiger partial charge in [0, 0.05) is 38.6 Å². The molecule has 1 aromatic carbocycles. The van der Waals surface area contributed by atoms with Crippen LogP contribution in [0.25, 0.3) is 11.0 Å². The van der Waals surface area contributed by atoms with Crippen molar-refractivity contribution < 1.29 is 9.59 Å². The summed E-state index contributed by atoms with van der Waals surface area (Å²) in [6.45, 7) is 4.27. The van der Waals surface area contributed by atoms with E-state index in [0.29, 0.717) is 37.5 Å². The van der Waals surface area contributed by atoms with Gasteiger partial charge in [-0.15, -0.1) is 11.8 Å². The minimum absolute atomic E-state index is 0.0296. The van der Waals surface area contributed by atoms with E-state index >= 15 is 0 Å². The van der Waals surface area contributed by atoms with Gasteiger partial charge in [-0.25, -0.2) is 4.98 Å². The summed E-state index contributed by atoms with van der Waals surface area (Å²) < 4.78 is 0. The Bertz CT molecular complexity index is 965. The van der Waals surface area contributed by atoms with Gasteiger partial charge in [-0.3, -0.25) is 14.6 Å². The van der Waals surface area contributed by atoms with Gasteiger partial charge in [-0.1, -0.05) is 12.1 Å². The van der Waals surface area contributed by atoms with Crippen LogP contribution in [0.3, 0.4) is 0 Å². The van der Waals surface area contributed by atoms with Gasteiger partial charge in [0.2, 0.25) is 5.91 Å². The third-order valence-corrected chi connectivity index (χ3v) is 6.21. The predicted molar refractivity (Wildman–Crippen MR) is 114 cm³/mol. The lowest BCUT2D eigenvalue weighted by Gasteiger charge is -2.34. The monoisotopic (exact) mass is 409 g/mol. The van der Waals surface area contributed by atoms with E-state index < -0.39 is 0 Å². The number of aromatic nitrogens is 3. The van der Waals surface area contributed by atoms with Crippen molar-refractivity contribution in [2.45, 2.75) is 12.2 Å². The minimum atomic E-state index is -0.0296. The lowest BCUT2D eigenvalue weighted by atomic mass is 10.2. The fourth-order valence-electron chi connectivity index (χ4n) is 3.36. The van der Waals surface area contributed by atoms with Crippen LogP contribution in [0.2, 0.25) is 0 Å². The number of H-pyrrole nitrogens is 1. The molecule has 8 heteroatoms. The topological polar surface area (TPSA) is 82.2 Å². The molecule has 1 atom stereocenters. The largest absolute Gasteiger partial charge is 0.341 e. The van der Waals surface area contributed by atoms with E-state index in [-0.39, 0.29) is 17.1 Å². The summed E-state index contributed by atoms with van der Waals surface area (Å²) in [5.41, 5.74) is 2.54. The number of para-hydroxylation sites is 2. The summed E-state index contributed by atoms with van der Waals surface area (Å²) in [4.78, 5) is 40.7. The van der Waals surface area contributed by atoms with Crippen molar-refractivity contribution in [3.8, 4) is 0 Å². The minimum Gasteiger partial charge on any atom is -0.341 e. The molecule has 0 aliphatic carbocycles. The molecule has 0 radical (unpaired) electrons. The number of benzene rings is 1. The van der Waals surface area contributed by atoms with E-state index in [4.69, 9.17) is 0 Å². The number of nitrogens with one attached hydrogen (secondary N) is 1. The molecule has 0 saturated carbocycles. The highest BCUT2D eigenvalue weighted by molar-refractivity contribution is 8.00. The second-order valence-corrected chi connectivity index (χ2v) is 8.34. The maximum absolute atomic E-state index is 12.6. The number of amides is 2. The number of piperazine rings is 1. The number of imidazole rings is 1. The SMILES string of the molecule is CC(SCC(=O)N1CCN(C(=O)c2cccnc2)CC1)c1nc2ccccc2[nH]1. The van der Waals surface area contributed by atoms with Crippen LogP contribution in [0, 0.1) is 0 Å². The van der Waals surface area contributed by atoms with Gasteiger partial charge in [-0.05, 0) is 31.2 Å². The van der Waals surface area contributed by atoms with E-state index in [9.17, 15) is 9.59 Å².